The summed E-state index contributed by atoms with van der Waals surface area (Å²) in [5.74, 6) is 1.67. The van der Waals surface area contributed by atoms with E-state index in [-0.39, 0.29) is 4.90 Å². The van der Waals surface area contributed by atoms with E-state index in [0.717, 1.165) is 46.8 Å². The second kappa shape index (κ2) is 6.38. The topological polar surface area (TPSA) is 59.3 Å². The van der Waals surface area contributed by atoms with Crippen molar-refractivity contribution in [3.8, 4) is 0 Å². The fourth-order valence-electron chi connectivity index (χ4n) is 4.06. The lowest BCUT2D eigenvalue weighted by Crippen LogP contribution is -2.13. The van der Waals surface area contributed by atoms with Crippen LogP contribution in [0.5, 0.6) is 0 Å². The van der Waals surface area contributed by atoms with Gasteiger partial charge in [-0.2, -0.15) is 0 Å². The summed E-state index contributed by atoms with van der Waals surface area (Å²) >= 11 is 0. The number of benzene rings is 3. The van der Waals surface area contributed by atoms with Crippen molar-refractivity contribution in [2.24, 2.45) is 5.92 Å². The van der Waals surface area contributed by atoms with Crippen LogP contribution in [0.2, 0.25) is 0 Å². The van der Waals surface area contributed by atoms with Crippen molar-refractivity contribution < 1.29 is 12.8 Å². The third-order valence-electron chi connectivity index (χ3n) is 5.58. The van der Waals surface area contributed by atoms with Gasteiger partial charge in [-0.15, -0.1) is 0 Å². The Bertz CT molecular complexity index is 1300. The van der Waals surface area contributed by atoms with Crippen molar-refractivity contribution in [2.45, 2.75) is 31.1 Å². The standard InChI is InChI=1S/C23H21NO3S/c1-15-6-10-20-21-14-18(8-11-22(21)27-23(20)12-15)24-28(25,26)19-9-7-16-4-2-3-5-17(16)13-19/h2-5,7-9,11,13-15,24H,6,10,12H2,1H3/t15-/m1/s1. The van der Waals surface area contributed by atoms with E-state index >= 15 is 0 Å². The predicted octanol–water partition coefficient (Wildman–Crippen LogP) is 5.51. The molecule has 5 rings (SSSR count). The summed E-state index contributed by atoms with van der Waals surface area (Å²) in [7, 11) is -3.67. The van der Waals surface area contributed by atoms with E-state index in [9.17, 15) is 8.42 Å². The van der Waals surface area contributed by atoms with Gasteiger partial charge in [0.05, 0.1) is 4.90 Å². The fourth-order valence-corrected chi connectivity index (χ4v) is 5.14. The van der Waals surface area contributed by atoms with E-state index in [4.69, 9.17) is 4.42 Å². The normalized spacial score (nSPS) is 17.0. The average molecular weight is 391 g/mol. The van der Waals surface area contributed by atoms with Crippen LogP contribution in [0.3, 0.4) is 0 Å². The zero-order valence-electron chi connectivity index (χ0n) is 15.6. The summed E-state index contributed by atoms with van der Waals surface area (Å²) in [4.78, 5) is 0.259. The third kappa shape index (κ3) is 2.96. The first-order chi connectivity index (χ1) is 13.5. The van der Waals surface area contributed by atoms with Crippen LogP contribution >= 0.6 is 0 Å². The van der Waals surface area contributed by atoms with E-state index in [1.165, 1.54) is 5.56 Å². The van der Waals surface area contributed by atoms with Gasteiger partial charge in [0.15, 0.2) is 0 Å². The number of furan rings is 1. The first-order valence-corrected chi connectivity index (χ1v) is 11.0. The monoisotopic (exact) mass is 391 g/mol. The number of hydrogen-bond donors (Lipinski definition) is 1. The summed E-state index contributed by atoms with van der Waals surface area (Å²) in [5.41, 5.74) is 2.61. The maximum Gasteiger partial charge on any atom is 0.261 e. The molecule has 0 unspecified atom stereocenters. The first kappa shape index (κ1) is 17.3. The number of aryl methyl sites for hydroxylation is 1. The van der Waals surface area contributed by atoms with Crippen LogP contribution in [0.15, 0.2) is 70.0 Å². The molecule has 28 heavy (non-hydrogen) atoms. The number of rotatable bonds is 3. The molecule has 0 aliphatic heterocycles. The van der Waals surface area contributed by atoms with Crippen LogP contribution in [0.4, 0.5) is 5.69 Å². The molecule has 0 amide bonds. The van der Waals surface area contributed by atoms with E-state index < -0.39 is 10.0 Å². The van der Waals surface area contributed by atoms with Crippen LogP contribution in [0.1, 0.15) is 24.7 Å². The van der Waals surface area contributed by atoms with Crippen molar-refractivity contribution >= 4 is 37.5 Å². The lowest BCUT2D eigenvalue weighted by atomic mass is 9.88. The second-order valence-electron chi connectivity index (χ2n) is 7.68. The molecule has 0 saturated carbocycles. The molecule has 4 nitrogen and oxygen atoms in total. The molecule has 0 radical (unpaired) electrons. The first-order valence-electron chi connectivity index (χ1n) is 9.55. The minimum Gasteiger partial charge on any atom is -0.461 e. The van der Waals surface area contributed by atoms with Gasteiger partial charge < -0.3 is 4.42 Å². The lowest BCUT2D eigenvalue weighted by molar-refractivity contribution is 0.426. The fraction of sp³-hybridized carbons (Fsp3) is 0.217. The molecule has 1 aromatic heterocycles. The number of fused-ring (bicyclic) bond motifs is 4. The van der Waals surface area contributed by atoms with Crippen molar-refractivity contribution in [2.75, 3.05) is 4.72 Å². The molecule has 0 spiro atoms. The highest BCUT2D eigenvalue weighted by atomic mass is 32.2. The highest BCUT2D eigenvalue weighted by molar-refractivity contribution is 7.92. The van der Waals surface area contributed by atoms with Crippen molar-refractivity contribution in [1.82, 2.24) is 0 Å². The Hall–Kier alpha value is -2.79. The van der Waals surface area contributed by atoms with Gasteiger partial charge in [0.2, 0.25) is 0 Å². The third-order valence-corrected chi connectivity index (χ3v) is 6.96. The van der Waals surface area contributed by atoms with Crippen molar-refractivity contribution in [3.63, 3.8) is 0 Å². The van der Waals surface area contributed by atoms with Crippen LogP contribution < -0.4 is 4.72 Å². The summed E-state index contributed by atoms with van der Waals surface area (Å²) < 4.78 is 34.6. The summed E-state index contributed by atoms with van der Waals surface area (Å²) in [6.45, 7) is 2.24. The zero-order valence-corrected chi connectivity index (χ0v) is 16.4. The lowest BCUT2D eigenvalue weighted by Gasteiger charge is -2.16. The Morgan fingerprint density at radius 2 is 1.82 bits per heavy atom. The maximum absolute atomic E-state index is 12.9. The van der Waals surface area contributed by atoms with Gasteiger partial charge in [-0.25, -0.2) is 8.42 Å². The van der Waals surface area contributed by atoms with Gasteiger partial charge in [0.1, 0.15) is 11.3 Å². The van der Waals surface area contributed by atoms with E-state index in [2.05, 4.69) is 11.6 Å². The molecule has 0 bridgehead atoms. The second-order valence-corrected chi connectivity index (χ2v) is 9.36. The maximum atomic E-state index is 12.9. The summed E-state index contributed by atoms with van der Waals surface area (Å²) in [6.07, 6.45) is 3.06. The number of nitrogens with one attached hydrogen (secondary N) is 1. The Morgan fingerprint density at radius 3 is 2.68 bits per heavy atom. The Labute approximate surface area is 164 Å². The van der Waals surface area contributed by atoms with Gasteiger partial charge in [0.25, 0.3) is 10.0 Å². The number of hydrogen-bond acceptors (Lipinski definition) is 3. The largest absolute Gasteiger partial charge is 0.461 e. The van der Waals surface area contributed by atoms with Gasteiger partial charge >= 0.3 is 0 Å². The Morgan fingerprint density at radius 1 is 1.00 bits per heavy atom. The molecular formula is C23H21NO3S. The molecule has 1 aliphatic carbocycles. The van der Waals surface area contributed by atoms with Gasteiger partial charge in [-0.3, -0.25) is 4.72 Å². The SMILES string of the molecule is C[C@@H]1CCc2c(oc3ccc(NS(=O)(=O)c4ccc5ccccc5c4)cc23)C1. The van der Waals surface area contributed by atoms with Gasteiger partial charge in [0, 0.05) is 23.1 Å². The number of sulfonamides is 1. The number of anilines is 1. The molecule has 0 fully saturated rings. The molecule has 1 heterocycles. The smallest absolute Gasteiger partial charge is 0.261 e. The Kier molecular flexibility index (Phi) is 3.95. The molecule has 1 atom stereocenters. The minimum absolute atomic E-state index is 0.259. The van der Waals surface area contributed by atoms with Crippen molar-refractivity contribution in [3.05, 3.63) is 72.0 Å². The molecule has 3 aromatic carbocycles. The predicted molar refractivity (Wildman–Crippen MR) is 112 cm³/mol. The Balaban J connectivity index is 1.51. The summed E-state index contributed by atoms with van der Waals surface area (Å²) in [6, 6.07) is 18.4. The molecule has 1 aliphatic rings. The minimum atomic E-state index is -3.67. The van der Waals surface area contributed by atoms with E-state index in [0.29, 0.717) is 11.6 Å². The van der Waals surface area contributed by atoms with Gasteiger partial charge in [-0.05, 0) is 59.9 Å². The van der Waals surface area contributed by atoms with Crippen LogP contribution in [0.25, 0.3) is 21.7 Å². The van der Waals surface area contributed by atoms with Gasteiger partial charge in [-0.1, -0.05) is 37.3 Å². The highest BCUT2D eigenvalue weighted by Crippen LogP contribution is 2.35. The molecule has 0 saturated heterocycles. The van der Waals surface area contributed by atoms with Crippen molar-refractivity contribution in [1.29, 1.82) is 0 Å². The van der Waals surface area contributed by atoms with E-state index in [1.807, 2.05) is 42.5 Å². The quantitative estimate of drug-likeness (QED) is 0.501. The molecule has 1 N–H and O–H groups in total. The molecule has 4 aromatic rings. The zero-order chi connectivity index (χ0) is 19.3. The van der Waals surface area contributed by atoms with Crippen LogP contribution in [-0.4, -0.2) is 8.42 Å². The summed E-state index contributed by atoms with van der Waals surface area (Å²) in [5, 5.41) is 2.93. The molecule has 142 valence electrons. The highest BCUT2D eigenvalue weighted by Gasteiger charge is 2.22. The molecule has 5 heteroatoms. The average Bonchev–Trinajstić information content (AvgIpc) is 3.04. The van der Waals surface area contributed by atoms with E-state index in [1.54, 1.807) is 18.2 Å². The van der Waals surface area contributed by atoms with Crippen LogP contribution in [0, 0.1) is 5.92 Å². The molecular weight excluding hydrogens is 370 g/mol. The van der Waals surface area contributed by atoms with Crippen LogP contribution in [-0.2, 0) is 22.9 Å².